The van der Waals surface area contributed by atoms with E-state index in [1.165, 1.54) is 17.7 Å². The van der Waals surface area contributed by atoms with E-state index in [-0.39, 0.29) is 4.90 Å². The van der Waals surface area contributed by atoms with Gasteiger partial charge in [0.25, 0.3) is 10.0 Å². The SMILES string of the molecule is CC1CCc2oc3c(cc(NS(=O)(=O)c4ccc(F)cc4)c4ccccc43)c2C1. The Bertz CT molecular complexity index is 1340. The summed E-state index contributed by atoms with van der Waals surface area (Å²) in [6.45, 7) is 2.22. The highest BCUT2D eigenvalue weighted by atomic mass is 32.2. The van der Waals surface area contributed by atoms with Crippen LogP contribution in [0.4, 0.5) is 10.1 Å². The highest BCUT2D eigenvalue weighted by molar-refractivity contribution is 7.92. The molecule has 0 saturated carbocycles. The molecule has 0 aliphatic heterocycles. The Hall–Kier alpha value is -2.86. The summed E-state index contributed by atoms with van der Waals surface area (Å²) in [7, 11) is -3.85. The second kappa shape index (κ2) is 6.59. The van der Waals surface area contributed by atoms with Gasteiger partial charge in [-0.15, -0.1) is 0 Å². The summed E-state index contributed by atoms with van der Waals surface area (Å²) in [6.07, 6.45) is 2.91. The van der Waals surface area contributed by atoms with Crippen LogP contribution in [0.1, 0.15) is 24.7 Å². The van der Waals surface area contributed by atoms with Gasteiger partial charge in [-0.1, -0.05) is 31.2 Å². The summed E-state index contributed by atoms with van der Waals surface area (Å²) in [4.78, 5) is 0.0194. The Morgan fingerprint density at radius 1 is 1.03 bits per heavy atom. The van der Waals surface area contributed by atoms with Gasteiger partial charge in [0.2, 0.25) is 0 Å². The number of furan rings is 1. The predicted octanol–water partition coefficient (Wildman–Crippen LogP) is 5.65. The zero-order chi connectivity index (χ0) is 20.2. The van der Waals surface area contributed by atoms with Crippen LogP contribution < -0.4 is 4.72 Å². The third kappa shape index (κ3) is 3.08. The minimum Gasteiger partial charge on any atom is -0.460 e. The first-order valence-electron chi connectivity index (χ1n) is 9.67. The molecule has 4 aromatic rings. The van der Waals surface area contributed by atoms with Crippen molar-refractivity contribution >= 4 is 37.5 Å². The monoisotopic (exact) mass is 409 g/mol. The fraction of sp³-hybridized carbons (Fsp3) is 0.217. The van der Waals surface area contributed by atoms with Crippen molar-refractivity contribution in [3.05, 3.63) is 71.7 Å². The largest absolute Gasteiger partial charge is 0.460 e. The van der Waals surface area contributed by atoms with Crippen LogP contribution in [-0.4, -0.2) is 8.42 Å². The molecule has 29 heavy (non-hydrogen) atoms. The van der Waals surface area contributed by atoms with Crippen LogP contribution in [0.25, 0.3) is 21.7 Å². The predicted molar refractivity (Wildman–Crippen MR) is 112 cm³/mol. The van der Waals surface area contributed by atoms with Crippen LogP contribution in [0.15, 0.2) is 63.9 Å². The molecular weight excluding hydrogens is 389 g/mol. The molecular formula is C23H20FNO3S. The Balaban J connectivity index is 1.70. The Labute approximate surface area is 168 Å². The molecule has 1 heterocycles. The summed E-state index contributed by atoms with van der Waals surface area (Å²) >= 11 is 0. The first kappa shape index (κ1) is 18.2. The Kier molecular flexibility index (Phi) is 4.13. The molecule has 1 atom stereocenters. The van der Waals surface area contributed by atoms with Crippen LogP contribution in [0.3, 0.4) is 0 Å². The normalized spacial score (nSPS) is 16.8. The lowest BCUT2D eigenvalue weighted by Gasteiger charge is -2.17. The zero-order valence-corrected chi connectivity index (χ0v) is 16.7. The maximum Gasteiger partial charge on any atom is 0.261 e. The summed E-state index contributed by atoms with van der Waals surface area (Å²) in [5.74, 6) is 1.09. The second-order valence-corrected chi connectivity index (χ2v) is 9.44. The summed E-state index contributed by atoms with van der Waals surface area (Å²) < 4.78 is 48.0. The van der Waals surface area contributed by atoms with Crippen LogP contribution in [0, 0.1) is 11.7 Å². The Morgan fingerprint density at radius 3 is 2.52 bits per heavy atom. The van der Waals surface area contributed by atoms with Crippen molar-refractivity contribution in [1.82, 2.24) is 0 Å². The topological polar surface area (TPSA) is 59.3 Å². The minimum absolute atomic E-state index is 0.0194. The highest BCUT2D eigenvalue weighted by Gasteiger charge is 2.25. The molecule has 6 heteroatoms. The van der Waals surface area contributed by atoms with Crippen molar-refractivity contribution in [3.63, 3.8) is 0 Å². The van der Waals surface area contributed by atoms with Crippen LogP contribution >= 0.6 is 0 Å². The number of fused-ring (bicyclic) bond motifs is 5. The number of aryl methyl sites for hydroxylation is 1. The van der Waals surface area contributed by atoms with Gasteiger partial charge in [0.1, 0.15) is 17.2 Å². The van der Waals surface area contributed by atoms with Gasteiger partial charge in [-0.25, -0.2) is 12.8 Å². The van der Waals surface area contributed by atoms with Crippen LogP contribution in [0.2, 0.25) is 0 Å². The molecule has 1 aliphatic carbocycles. The van der Waals surface area contributed by atoms with E-state index in [2.05, 4.69) is 11.6 Å². The van der Waals surface area contributed by atoms with Gasteiger partial charge in [-0.2, -0.15) is 0 Å². The molecule has 148 valence electrons. The zero-order valence-electron chi connectivity index (χ0n) is 15.9. The van der Waals surface area contributed by atoms with Crippen molar-refractivity contribution in [2.75, 3.05) is 4.72 Å². The van der Waals surface area contributed by atoms with Crippen molar-refractivity contribution in [3.8, 4) is 0 Å². The first-order valence-corrected chi connectivity index (χ1v) is 11.1. The molecule has 1 aliphatic rings. The van der Waals surface area contributed by atoms with E-state index < -0.39 is 15.8 Å². The van der Waals surface area contributed by atoms with Gasteiger partial charge in [0, 0.05) is 28.1 Å². The van der Waals surface area contributed by atoms with Crippen molar-refractivity contribution in [2.24, 2.45) is 5.92 Å². The number of sulfonamides is 1. The van der Waals surface area contributed by atoms with Gasteiger partial charge < -0.3 is 4.42 Å². The average molecular weight is 409 g/mol. The number of nitrogens with one attached hydrogen (secondary N) is 1. The lowest BCUT2D eigenvalue weighted by atomic mass is 9.87. The lowest BCUT2D eigenvalue weighted by molar-refractivity contribution is 0.439. The fourth-order valence-electron chi connectivity index (χ4n) is 4.17. The summed E-state index contributed by atoms with van der Waals surface area (Å²) in [5, 5.41) is 2.61. The van der Waals surface area contributed by atoms with Crippen LogP contribution in [-0.2, 0) is 22.9 Å². The molecule has 0 spiro atoms. The molecule has 1 unspecified atom stereocenters. The molecule has 0 amide bonds. The number of hydrogen-bond donors (Lipinski definition) is 1. The maximum absolute atomic E-state index is 13.2. The van der Waals surface area contributed by atoms with E-state index in [0.717, 1.165) is 58.9 Å². The third-order valence-corrected chi connectivity index (χ3v) is 7.05. The minimum atomic E-state index is -3.85. The average Bonchev–Trinajstić information content (AvgIpc) is 3.06. The highest BCUT2D eigenvalue weighted by Crippen LogP contribution is 2.40. The molecule has 0 saturated heterocycles. The maximum atomic E-state index is 13.2. The number of hydrogen-bond acceptors (Lipinski definition) is 3. The number of anilines is 1. The standard InChI is InChI=1S/C23H20FNO3S/c1-14-6-11-22-19(12-14)20-13-21(17-4-2-3-5-18(17)23(20)28-22)25-29(26,27)16-9-7-15(24)8-10-16/h2-5,7-10,13-14,25H,6,11-12H2,1H3. The smallest absolute Gasteiger partial charge is 0.261 e. The second-order valence-electron chi connectivity index (χ2n) is 7.76. The van der Waals surface area contributed by atoms with Crippen molar-refractivity contribution in [2.45, 2.75) is 31.1 Å². The molecule has 1 N–H and O–H groups in total. The van der Waals surface area contributed by atoms with Gasteiger partial charge in [0.15, 0.2) is 0 Å². The summed E-state index contributed by atoms with van der Waals surface area (Å²) in [6, 6.07) is 14.3. The van der Waals surface area contributed by atoms with Gasteiger partial charge in [0.05, 0.1) is 10.6 Å². The van der Waals surface area contributed by atoms with E-state index in [9.17, 15) is 12.8 Å². The first-order chi connectivity index (χ1) is 13.9. The Morgan fingerprint density at radius 2 is 1.76 bits per heavy atom. The van der Waals surface area contributed by atoms with E-state index in [1.807, 2.05) is 30.3 Å². The number of halogens is 1. The molecule has 0 bridgehead atoms. The van der Waals surface area contributed by atoms with E-state index in [4.69, 9.17) is 4.42 Å². The lowest BCUT2D eigenvalue weighted by Crippen LogP contribution is -2.13. The van der Waals surface area contributed by atoms with Gasteiger partial charge in [-0.3, -0.25) is 4.72 Å². The van der Waals surface area contributed by atoms with Gasteiger partial charge in [-0.05, 0) is 49.1 Å². The number of rotatable bonds is 3. The quantitative estimate of drug-likeness (QED) is 0.476. The van der Waals surface area contributed by atoms with E-state index in [1.54, 1.807) is 0 Å². The molecule has 3 aromatic carbocycles. The molecule has 4 nitrogen and oxygen atoms in total. The van der Waals surface area contributed by atoms with Crippen molar-refractivity contribution in [1.29, 1.82) is 0 Å². The fourth-order valence-corrected chi connectivity index (χ4v) is 5.24. The summed E-state index contributed by atoms with van der Waals surface area (Å²) in [5.41, 5.74) is 2.48. The third-order valence-electron chi connectivity index (χ3n) is 5.67. The molecule has 5 rings (SSSR count). The van der Waals surface area contributed by atoms with Crippen molar-refractivity contribution < 1.29 is 17.2 Å². The molecule has 0 fully saturated rings. The van der Waals surface area contributed by atoms with E-state index >= 15 is 0 Å². The molecule has 1 aromatic heterocycles. The van der Waals surface area contributed by atoms with E-state index in [0.29, 0.717) is 11.6 Å². The van der Waals surface area contributed by atoms with Gasteiger partial charge >= 0.3 is 0 Å². The molecule has 0 radical (unpaired) electrons. The number of benzene rings is 3. The van der Waals surface area contributed by atoms with Crippen LogP contribution in [0.5, 0.6) is 0 Å².